The maximum absolute atomic E-state index is 14.4. The fourth-order valence-corrected chi connectivity index (χ4v) is 3.93. The van der Waals surface area contributed by atoms with Gasteiger partial charge in [0.2, 0.25) is 0 Å². The van der Waals surface area contributed by atoms with E-state index >= 15 is 0 Å². The number of nitrogens with zero attached hydrogens (tertiary/aromatic N) is 5. The molecule has 31 heavy (non-hydrogen) atoms. The highest BCUT2D eigenvalue weighted by atomic mass is 19.2. The van der Waals surface area contributed by atoms with Crippen LogP contribution in [0, 0.1) is 11.6 Å². The van der Waals surface area contributed by atoms with Crippen molar-refractivity contribution >= 4 is 23.1 Å². The Morgan fingerprint density at radius 1 is 1.13 bits per heavy atom. The number of nitrogens with one attached hydrogen (secondary N) is 1. The Bertz CT molecular complexity index is 1260. The van der Waals surface area contributed by atoms with Gasteiger partial charge < -0.3 is 10.2 Å². The van der Waals surface area contributed by atoms with Gasteiger partial charge in [-0.05, 0) is 37.1 Å². The first-order valence-electron chi connectivity index (χ1n) is 9.89. The van der Waals surface area contributed by atoms with E-state index in [0.29, 0.717) is 35.7 Å². The molecule has 1 unspecified atom stereocenters. The molecule has 3 aromatic heterocycles. The van der Waals surface area contributed by atoms with E-state index in [4.69, 9.17) is 0 Å². The zero-order valence-electron chi connectivity index (χ0n) is 16.4. The number of rotatable bonds is 4. The van der Waals surface area contributed by atoms with Crippen LogP contribution in [0.3, 0.4) is 0 Å². The highest BCUT2D eigenvalue weighted by Crippen LogP contribution is 2.37. The second kappa shape index (κ2) is 7.75. The van der Waals surface area contributed by atoms with E-state index in [1.807, 2.05) is 4.90 Å². The van der Waals surface area contributed by atoms with Crippen LogP contribution in [0.5, 0.6) is 0 Å². The Hall–Kier alpha value is -3.88. The molecule has 0 radical (unpaired) electrons. The van der Waals surface area contributed by atoms with Crippen molar-refractivity contribution in [3.05, 3.63) is 83.9 Å². The summed E-state index contributed by atoms with van der Waals surface area (Å²) < 4.78 is 29.7. The number of hydrogen-bond acceptors (Lipinski definition) is 5. The molecule has 0 spiro atoms. The normalized spacial score (nSPS) is 16.1. The van der Waals surface area contributed by atoms with Crippen LogP contribution in [0.2, 0.25) is 0 Å². The largest absolute Gasteiger partial charge is 0.349 e. The molecule has 4 heterocycles. The van der Waals surface area contributed by atoms with E-state index in [1.165, 1.54) is 12.3 Å². The van der Waals surface area contributed by atoms with Gasteiger partial charge >= 0.3 is 0 Å². The Morgan fingerprint density at radius 3 is 2.87 bits per heavy atom. The molecule has 1 N–H and O–H groups in total. The van der Waals surface area contributed by atoms with Gasteiger partial charge in [0.15, 0.2) is 17.3 Å². The SMILES string of the molecule is O=C(Nc1cnn2ccc(N3CCCC3c3cccc(F)c3F)nc12)c1ccccn1. The van der Waals surface area contributed by atoms with Gasteiger partial charge in [0.25, 0.3) is 5.91 Å². The number of carbonyl (C=O) groups excluding carboxylic acids is 1. The molecule has 1 aliphatic rings. The van der Waals surface area contributed by atoms with Crippen molar-refractivity contribution in [3.63, 3.8) is 0 Å². The summed E-state index contributed by atoms with van der Waals surface area (Å²) in [7, 11) is 0. The summed E-state index contributed by atoms with van der Waals surface area (Å²) in [5.74, 6) is -1.45. The number of halogens is 2. The highest BCUT2D eigenvalue weighted by Gasteiger charge is 2.30. The lowest BCUT2D eigenvalue weighted by Crippen LogP contribution is -2.24. The number of aromatic nitrogens is 4. The minimum Gasteiger partial charge on any atom is -0.349 e. The summed E-state index contributed by atoms with van der Waals surface area (Å²) in [5.41, 5.74) is 1.48. The predicted molar refractivity (Wildman–Crippen MR) is 111 cm³/mol. The Balaban J connectivity index is 1.47. The summed E-state index contributed by atoms with van der Waals surface area (Å²) in [6.07, 6.45) is 6.30. The molecule has 1 fully saturated rings. The van der Waals surface area contributed by atoms with Gasteiger partial charge in [0, 0.05) is 24.5 Å². The smallest absolute Gasteiger partial charge is 0.274 e. The van der Waals surface area contributed by atoms with E-state index in [-0.39, 0.29) is 17.6 Å². The molecule has 1 aromatic carbocycles. The highest BCUT2D eigenvalue weighted by molar-refractivity contribution is 6.04. The van der Waals surface area contributed by atoms with Gasteiger partial charge in [-0.15, -0.1) is 0 Å². The Morgan fingerprint density at radius 2 is 2.03 bits per heavy atom. The second-order valence-electron chi connectivity index (χ2n) is 7.28. The number of benzene rings is 1. The Labute approximate surface area is 176 Å². The zero-order chi connectivity index (χ0) is 21.4. The lowest BCUT2D eigenvalue weighted by molar-refractivity contribution is 0.102. The van der Waals surface area contributed by atoms with E-state index in [9.17, 15) is 13.6 Å². The maximum atomic E-state index is 14.4. The molecule has 1 saturated heterocycles. The topological polar surface area (TPSA) is 75.4 Å². The summed E-state index contributed by atoms with van der Waals surface area (Å²) in [5, 5.41) is 7.01. The van der Waals surface area contributed by atoms with Crippen LogP contribution < -0.4 is 10.2 Å². The van der Waals surface area contributed by atoms with Crippen molar-refractivity contribution in [1.29, 1.82) is 0 Å². The number of amides is 1. The van der Waals surface area contributed by atoms with Crippen molar-refractivity contribution in [3.8, 4) is 0 Å². The fourth-order valence-electron chi connectivity index (χ4n) is 3.93. The average molecular weight is 420 g/mol. The van der Waals surface area contributed by atoms with Crippen molar-refractivity contribution in [2.45, 2.75) is 18.9 Å². The summed E-state index contributed by atoms with van der Waals surface area (Å²) in [6, 6.07) is 10.8. The standard InChI is InChI=1S/C22H18F2N6O/c23-15-6-3-5-14(20(15)24)18-8-4-11-29(18)19-9-12-30-21(28-19)17(13-26-30)27-22(31)16-7-1-2-10-25-16/h1-3,5-7,9-10,12-13,18H,4,8,11H2,(H,27,31). The van der Waals surface area contributed by atoms with Gasteiger partial charge in [-0.3, -0.25) is 9.78 Å². The van der Waals surface area contributed by atoms with Crippen LogP contribution in [0.15, 0.2) is 61.1 Å². The first-order valence-corrected chi connectivity index (χ1v) is 9.89. The number of carbonyl (C=O) groups is 1. The molecule has 9 heteroatoms. The molecule has 156 valence electrons. The third kappa shape index (κ3) is 3.48. The number of anilines is 2. The van der Waals surface area contributed by atoms with Crippen molar-refractivity contribution in [2.24, 2.45) is 0 Å². The van der Waals surface area contributed by atoms with Crippen LogP contribution in [-0.2, 0) is 0 Å². The van der Waals surface area contributed by atoms with Gasteiger partial charge in [-0.2, -0.15) is 5.10 Å². The molecule has 4 aromatic rings. The number of hydrogen-bond donors (Lipinski definition) is 1. The van der Waals surface area contributed by atoms with Gasteiger partial charge in [-0.1, -0.05) is 18.2 Å². The van der Waals surface area contributed by atoms with Crippen LogP contribution in [0.1, 0.15) is 34.9 Å². The van der Waals surface area contributed by atoms with Crippen LogP contribution >= 0.6 is 0 Å². The maximum Gasteiger partial charge on any atom is 0.274 e. The minimum atomic E-state index is -0.858. The van der Waals surface area contributed by atoms with Gasteiger partial charge in [0.05, 0.1) is 12.2 Å². The molecule has 5 rings (SSSR count). The van der Waals surface area contributed by atoms with Crippen LogP contribution in [0.25, 0.3) is 5.65 Å². The van der Waals surface area contributed by atoms with Gasteiger partial charge in [-0.25, -0.2) is 18.3 Å². The van der Waals surface area contributed by atoms with E-state index in [2.05, 4.69) is 20.4 Å². The van der Waals surface area contributed by atoms with E-state index in [1.54, 1.807) is 47.2 Å². The Kier molecular flexibility index (Phi) is 4.78. The van der Waals surface area contributed by atoms with Crippen molar-refractivity contribution in [1.82, 2.24) is 19.6 Å². The average Bonchev–Trinajstić information content (AvgIpc) is 3.43. The number of fused-ring (bicyclic) bond motifs is 1. The van der Waals surface area contributed by atoms with Crippen molar-refractivity contribution < 1.29 is 13.6 Å². The fraction of sp³-hybridized carbons (Fsp3) is 0.182. The third-order valence-corrected chi connectivity index (χ3v) is 5.39. The van der Waals surface area contributed by atoms with Crippen molar-refractivity contribution in [2.75, 3.05) is 16.8 Å². The molecule has 1 aliphatic heterocycles. The van der Waals surface area contributed by atoms with E-state index < -0.39 is 11.6 Å². The minimum absolute atomic E-state index is 0.277. The number of pyridine rings is 1. The first-order chi connectivity index (χ1) is 15.1. The molecule has 7 nitrogen and oxygen atoms in total. The quantitative estimate of drug-likeness (QED) is 0.540. The molecular formula is C22H18F2N6O. The summed E-state index contributed by atoms with van der Waals surface area (Å²) in [4.78, 5) is 23.1. The van der Waals surface area contributed by atoms with Crippen LogP contribution in [0.4, 0.5) is 20.3 Å². The summed E-state index contributed by atoms with van der Waals surface area (Å²) >= 11 is 0. The lowest BCUT2D eigenvalue weighted by atomic mass is 10.0. The molecular weight excluding hydrogens is 402 g/mol. The lowest BCUT2D eigenvalue weighted by Gasteiger charge is -2.26. The molecule has 1 amide bonds. The predicted octanol–water partition coefficient (Wildman–Crippen LogP) is 4.00. The molecule has 1 atom stereocenters. The monoisotopic (exact) mass is 420 g/mol. The molecule has 0 bridgehead atoms. The molecule has 0 saturated carbocycles. The van der Waals surface area contributed by atoms with Gasteiger partial charge in [0.1, 0.15) is 17.2 Å². The zero-order valence-corrected chi connectivity index (χ0v) is 16.4. The summed E-state index contributed by atoms with van der Waals surface area (Å²) in [6.45, 7) is 0.660. The first kappa shape index (κ1) is 19.1. The van der Waals surface area contributed by atoms with Crippen LogP contribution in [-0.4, -0.2) is 32.0 Å². The third-order valence-electron chi connectivity index (χ3n) is 5.39. The second-order valence-corrected chi connectivity index (χ2v) is 7.28. The molecule has 0 aliphatic carbocycles. The van der Waals surface area contributed by atoms with E-state index in [0.717, 1.165) is 12.5 Å².